The van der Waals surface area contributed by atoms with Crippen LogP contribution in [0.15, 0.2) is 50.7 Å². The number of benzene rings is 1. The fraction of sp³-hybridized carbons (Fsp3) is 0.391. The fourth-order valence-electron chi connectivity index (χ4n) is 3.97. The second-order valence-electron chi connectivity index (χ2n) is 8.44. The summed E-state index contributed by atoms with van der Waals surface area (Å²) in [6.07, 6.45) is 2.01. The first-order chi connectivity index (χ1) is 15.8. The molecule has 4 N–H and O–H groups in total. The summed E-state index contributed by atoms with van der Waals surface area (Å²) in [6, 6.07) is 9.76. The van der Waals surface area contributed by atoms with Crippen LogP contribution in [-0.4, -0.2) is 26.7 Å². The Balaban J connectivity index is 1.84. The Morgan fingerprint density at radius 3 is 2.48 bits per heavy atom. The quantitative estimate of drug-likeness (QED) is 0.266. The summed E-state index contributed by atoms with van der Waals surface area (Å²) in [4.78, 5) is 53.4. The molecule has 2 atom stereocenters. The summed E-state index contributed by atoms with van der Waals surface area (Å²) >= 11 is 1.26. The number of hydroxylamine groups is 1. The third-order valence-electron chi connectivity index (χ3n) is 5.58. The van der Waals surface area contributed by atoms with Gasteiger partial charge in [-0.3, -0.25) is 25.0 Å². The van der Waals surface area contributed by atoms with E-state index in [0.717, 1.165) is 5.56 Å². The summed E-state index contributed by atoms with van der Waals surface area (Å²) in [7, 11) is 0. The smallest absolute Gasteiger partial charge is 0.304 e. The lowest BCUT2D eigenvalue weighted by Gasteiger charge is -2.26. The van der Waals surface area contributed by atoms with Gasteiger partial charge in [-0.2, -0.15) is 4.68 Å². The molecule has 0 radical (unpaired) electrons. The van der Waals surface area contributed by atoms with Crippen molar-refractivity contribution >= 4 is 34.1 Å². The van der Waals surface area contributed by atoms with Crippen LogP contribution in [0.25, 0.3) is 10.9 Å². The van der Waals surface area contributed by atoms with Gasteiger partial charge in [0.05, 0.1) is 22.7 Å². The van der Waals surface area contributed by atoms with Gasteiger partial charge in [-0.1, -0.05) is 44.2 Å². The van der Waals surface area contributed by atoms with Crippen molar-refractivity contribution in [1.82, 2.24) is 15.1 Å². The predicted molar refractivity (Wildman–Crippen MR) is 127 cm³/mol. The Hall–Kier alpha value is -3.24. The van der Waals surface area contributed by atoms with Gasteiger partial charge in [0.1, 0.15) is 0 Å². The molecule has 3 rings (SSSR count). The van der Waals surface area contributed by atoms with E-state index in [1.807, 2.05) is 44.2 Å². The average molecular weight is 473 g/mol. The maximum absolute atomic E-state index is 13.2. The van der Waals surface area contributed by atoms with Crippen LogP contribution in [0, 0.1) is 17.8 Å². The van der Waals surface area contributed by atoms with Crippen molar-refractivity contribution in [2.45, 2.75) is 39.5 Å². The maximum Gasteiger partial charge on any atom is 0.348 e. The minimum absolute atomic E-state index is 0.0539. The molecule has 33 heavy (non-hydrogen) atoms. The van der Waals surface area contributed by atoms with Crippen molar-refractivity contribution in [2.24, 2.45) is 17.8 Å². The fourth-order valence-corrected chi connectivity index (χ4v) is 4.72. The van der Waals surface area contributed by atoms with E-state index in [4.69, 9.17) is 0 Å². The molecule has 0 aliphatic rings. The van der Waals surface area contributed by atoms with E-state index < -0.39 is 34.9 Å². The predicted octanol–water partition coefficient (Wildman–Crippen LogP) is 2.63. The highest BCUT2D eigenvalue weighted by molar-refractivity contribution is 7.09. The van der Waals surface area contributed by atoms with Crippen molar-refractivity contribution in [3.63, 3.8) is 0 Å². The van der Waals surface area contributed by atoms with Crippen LogP contribution in [0.1, 0.15) is 38.7 Å². The number of aromatic amines is 1. The molecule has 2 heterocycles. The molecule has 0 spiro atoms. The van der Waals surface area contributed by atoms with E-state index >= 15 is 0 Å². The first kappa shape index (κ1) is 24.4. The van der Waals surface area contributed by atoms with E-state index in [2.05, 4.69) is 10.4 Å². The number of H-pyrrole nitrogens is 1. The van der Waals surface area contributed by atoms with Gasteiger partial charge in [-0.15, -0.1) is 11.3 Å². The maximum atomic E-state index is 13.2. The lowest BCUT2D eigenvalue weighted by molar-refractivity contribution is -0.139. The lowest BCUT2D eigenvalue weighted by atomic mass is 9.81. The molecular formula is C23H28N4O5S. The molecule has 1 aromatic carbocycles. The number of amides is 2. The molecule has 1 unspecified atom stereocenters. The van der Waals surface area contributed by atoms with Gasteiger partial charge in [0.2, 0.25) is 11.8 Å². The van der Waals surface area contributed by atoms with Gasteiger partial charge < -0.3 is 4.98 Å². The number of rotatable bonds is 10. The van der Waals surface area contributed by atoms with Gasteiger partial charge in [0.15, 0.2) is 0 Å². The van der Waals surface area contributed by atoms with Crippen LogP contribution in [0.2, 0.25) is 0 Å². The van der Waals surface area contributed by atoms with Crippen LogP contribution in [0.5, 0.6) is 0 Å². The van der Waals surface area contributed by atoms with Crippen molar-refractivity contribution in [3.8, 4) is 0 Å². The number of hydrogen-bond donors (Lipinski definition) is 4. The van der Waals surface area contributed by atoms with E-state index in [9.17, 15) is 24.4 Å². The Kier molecular flexibility index (Phi) is 8.18. The number of carbonyl (C=O) groups excluding carboxylic acids is 2. The SMILES string of the molecule is CC(C)CC(C(=O)Nn1c(=O)[nH]c2cscc2c1=O)[C@@H](CCCc1ccccc1)C(=O)NO. The molecule has 0 aliphatic heterocycles. The molecule has 10 heteroatoms. The van der Waals surface area contributed by atoms with Gasteiger partial charge in [-0.25, -0.2) is 10.3 Å². The molecule has 176 valence electrons. The first-order valence-electron chi connectivity index (χ1n) is 10.8. The zero-order chi connectivity index (χ0) is 24.0. The number of hydrogen-bond acceptors (Lipinski definition) is 6. The molecule has 0 bridgehead atoms. The zero-order valence-corrected chi connectivity index (χ0v) is 19.4. The molecule has 9 nitrogen and oxygen atoms in total. The van der Waals surface area contributed by atoms with Gasteiger partial charge in [0.25, 0.3) is 5.56 Å². The van der Waals surface area contributed by atoms with E-state index in [1.54, 1.807) is 16.2 Å². The number of carbonyl (C=O) groups is 2. The van der Waals surface area contributed by atoms with Crippen molar-refractivity contribution < 1.29 is 14.8 Å². The minimum Gasteiger partial charge on any atom is -0.304 e. The Morgan fingerprint density at radius 2 is 1.82 bits per heavy atom. The van der Waals surface area contributed by atoms with E-state index in [0.29, 0.717) is 35.9 Å². The van der Waals surface area contributed by atoms with Crippen molar-refractivity contribution in [3.05, 3.63) is 67.5 Å². The third-order valence-corrected chi connectivity index (χ3v) is 6.32. The van der Waals surface area contributed by atoms with Gasteiger partial charge >= 0.3 is 5.69 Å². The Morgan fingerprint density at radius 1 is 1.09 bits per heavy atom. The highest BCUT2D eigenvalue weighted by Gasteiger charge is 2.34. The van der Waals surface area contributed by atoms with E-state index in [-0.39, 0.29) is 11.3 Å². The topological polar surface area (TPSA) is 133 Å². The second-order valence-corrected chi connectivity index (χ2v) is 9.19. The monoisotopic (exact) mass is 472 g/mol. The molecule has 0 saturated heterocycles. The normalized spacial score (nSPS) is 13.1. The second kappa shape index (κ2) is 11.1. The van der Waals surface area contributed by atoms with Crippen LogP contribution >= 0.6 is 11.3 Å². The largest absolute Gasteiger partial charge is 0.348 e. The zero-order valence-electron chi connectivity index (χ0n) is 18.5. The van der Waals surface area contributed by atoms with Crippen LogP contribution in [-0.2, 0) is 16.0 Å². The number of fused-ring (bicyclic) bond motifs is 1. The van der Waals surface area contributed by atoms with Crippen LogP contribution in [0.3, 0.4) is 0 Å². The van der Waals surface area contributed by atoms with Crippen LogP contribution < -0.4 is 22.2 Å². The molecule has 0 aliphatic carbocycles. The molecular weight excluding hydrogens is 444 g/mol. The Bertz CT molecular complexity index is 1210. The van der Waals surface area contributed by atoms with Crippen molar-refractivity contribution in [2.75, 3.05) is 5.43 Å². The van der Waals surface area contributed by atoms with Crippen molar-refractivity contribution in [1.29, 1.82) is 0 Å². The molecule has 3 aromatic rings. The number of thiophene rings is 1. The lowest BCUT2D eigenvalue weighted by Crippen LogP contribution is -2.48. The molecule has 0 saturated carbocycles. The molecule has 2 amide bonds. The summed E-state index contributed by atoms with van der Waals surface area (Å²) in [6.45, 7) is 3.82. The van der Waals surface area contributed by atoms with Gasteiger partial charge in [-0.05, 0) is 37.2 Å². The average Bonchev–Trinajstić information content (AvgIpc) is 3.26. The number of nitrogens with one attached hydrogen (secondary N) is 3. The molecule has 2 aromatic heterocycles. The van der Waals surface area contributed by atoms with Crippen LogP contribution in [0.4, 0.5) is 0 Å². The summed E-state index contributed by atoms with van der Waals surface area (Å²) in [5.41, 5.74) is 4.17. The Labute approximate surface area is 194 Å². The van der Waals surface area contributed by atoms with Gasteiger partial charge in [0, 0.05) is 10.8 Å². The third kappa shape index (κ3) is 5.96. The highest BCUT2D eigenvalue weighted by Crippen LogP contribution is 2.26. The number of aryl methyl sites for hydroxylation is 1. The minimum atomic E-state index is -0.850. The summed E-state index contributed by atoms with van der Waals surface area (Å²) in [5.74, 6) is -2.92. The number of nitrogens with zero attached hydrogens (tertiary/aromatic N) is 1. The summed E-state index contributed by atoms with van der Waals surface area (Å²) < 4.78 is 0.641. The standard InChI is InChI=1S/C23H28N4O5S/c1-14(2)11-17(16(21(29)26-32)10-6-9-15-7-4-3-5-8-15)20(28)25-27-22(30)18-12-33-13-19(18)24-23(27)31/h3-5,7-8,12-14,16-17,32H,6,9-11H2,1-2H3,(H,24,31)(H,25,28)(H,26,29)/t16-,17?/m1/s1. The first-order valence-corrected chi connectivity index (χ1v) is 11.8. The highest BCUT2D eigenvalue weighted by atomic mass is 32.1. The number of aromatic nitrogens is 2. The molecule has 0 fully saturated rings. The van der Waals surface area contributed by atoms with E-state index in [1.165, 1.54) is 11.3 Å². The summed E-state index contributed by atoms with van der Waals surface area (Å²) in [5, 5.41) is 12.8.